The second-order valence-electron chi connectivity index (χ2n) is 8.76. The van der Waals surface area contributed by atoms with Gasteiger partial charge in [0.1, 0.15) is 18.5 Å². The zero-order valence-corrected chi connectivity index (χ0v) is 20.6. The summed E-state index contributed by atoms with van der Waals surface area (Å²) in [5.41, 5.74) is 7.95. The Morgan fingerprint density at radius 2 is 1.54 bits per heavy atom. The van der Waals surface area contributed by atoms with Gasteiger partial charge in [-0.3, -0.25) is 24.6 Å². The van der Waals surface area contributed by atoms with Gasteiger partial charge in [-0.1, -0.05) is 61.0 Å². The van der Waals surface area contributed by atoms with Crippen molar-refractivity contribution < 1.29 is 29.4 Å². The highest BCUT2D eigenvalue weighted by molar-refractivity contribution is 5.95. The number of Topliss-reactive ketones (excluding diaryl/α,β-unsaturated/α-hetero) is 1. The number of aliphatic hydroxyl groups excluding tert-OH is 1. The van der Waals surface area contributed by atoms with Crippen molar-refractivity contribution in [3.8, 4) is 0 Å². The lowest BCUT2D eigenvalue weighted by atomic mass is 10.0. The van der Waals surface area contributed by atoms with Gasteiger partial charge in [0.15, 0.2) is 5.78 Å². The van der Waals surface area contributed by atoms with Crippen molar-refractivity contribution in [1.29, 1.82) is 5.41 Å². The summed E-state index contributed by atoms with van der Waals surface area (Å²) >= 11 is 0. The Hall–Kier alpha value is -4.05. The molecule has 0 saturated carbocycles. The highest BCUT2D eigenvalue weighted by Gasteiger charge is 2.28. The van der Waals surface area contributed by atoms with Gasteiger partial charge in [-0.25, -0.2) is 0 Å². The van der Waals surface area contributed by atoms with Gasteiger partial charge < -0.3 is 26.6 Å². The molecule has 0 aliphatic heterocycles. The predicted molar refractivity (Wildman–Crippen MR) is 138 cm³/mol. The molecular formula is C27H34N4O6. The number of hydrogen-bond acceptors (Lipinski definition) is 6. The van der Waals surface area contributed by atoms with Crippen molar-refractivity contribution in [3.05, 3.63) is 71.3 Å². The Bertz CT molecular complexity index is 1070. The Kier molecular flexibility index (Phi) is 11.9. The van der Waals surface area contributed by atoms with E-state index < -0.39 is 48.7 Å². The van der Waals surface area contributed by atoms with Crippen molar-refractivity contribution in [2.75, 3.05) is 6.61 Å². The van der Waals surface area contributed by atoms with Crippen molar-refractivity contribution >= 4 is 29.4 Å². The summed E-state index contributed by atoms with van der Waals surface area (Å²) in [5.74, 6) is -3.13. The number of nitrogens with two attached hydrogens (primary N) is 1. The molecule has 0 unspecified atom stereocenters. The second-order valence-corrected chi connectivity index (χ2v) is 8.76. The number of nitrogens with one attached hydrogen (secondary N) is 3. The zero-order chi connectivity index (χ0) is 27.2. The molecule has 10 nitrogen and oxygen atoms in total. The van der Waals surface area contributed by atoms with Gasteiger partial charge in [-0.05, 0) is 36.8 Å². The fraction of sp³-hybridized carbons (Fsp3) is 0.370. The second kappa shape index (κ2) is 15.1. The van der Waals surface area contributed by atoms with E-state index in [1.54, 1.807) is 42.5 Å². The number of carboxylic acid groups (broad SMARTS) is 1. The number of carbonyl (C=O) groups is 4. The molecular weight excluding hydrogens is 476 g/mol. The SMILES string of the molecule is N=C(N)c1ccc(CCCCCC(=O)N[C@@H](CC(=O)O)C(=O)N[C@@H](Cc2ccccc2)C(=O)CO)cc1. The first-order chi connectivity index (χ1) is 17.7. The van der Waals surface area contributed by atoms with Gasteiger partial charge in [-0.15, -0.1) is 0 Å². The van der Waals surface area contributed by atoms with Gasteiger partial charge in [0, 0.05) is 12.0 Å². The number of aliphatic carboxylic acids is 1. The van der Waals surface area contributed by atoms with E-state index in [9.17, 15) is 29.4 Å². The Morgan fingerprint density at radius 1 is 0.865 bits per heavy atom. The topological polar surface area (TPSA) is 183 Å². The van der Waals surface area contributed by atoms with E-state index in [0.717, 1.165) is 30.4 Å². The van der Waals surface area contributed by atoms with Crippen LogP contribution < -0.4 is 16.4 Å². The Morgan fingerprint density at radius 3 is 2.14 bits per heavy atom. The minimum Gasteiger partial charge on any atom is -0.481 e. The van der Waals surface area contributed by atoms with E-state index in [0.29, 0.717) is 12.0 Å². The van der Waals surface area contributed by atoms with Gasteiger partial charge in [0.2, 0.25) is 11.8 Å². The number of carbonyl (C=O) groups excluding carboxylic acids is 3. The third-order valence-corrected chi connectivity index (χ3v) is 5.81. The minimum atomic E-state index is -1.35. The molecule has 2 rings (SSSR count). The minimum absolute atomic E-state index is 0.0131. The zero-order valence-electron chi connectivity index (χ0n) is 20.6. The number of unbranched alkanes of at least 4 members (excludes halogenated alkanes) is 2. The van der Waals surface area contributed by atoms with Crippen LogP contribution in [0.25, 0.3) is 0 Å². The first-order valence-corrected chi connectivity index (χ1v) is 12.1. The van der Waals surface area contributed by atoms with Crippen molar-refractivity contribution in [3.63, 3.8) is 0 Å². The largest absolute Gasteiger partial charge is 0.481 e. The quantitative estimate of drug-likeness (QED) is 0.112. The molecule has 0 spiro atoms. The molecule has 198 valence electrons. The molecule has 0 heterocycles. The number of hydrogen-bond donors (Lipinski definition) is 6. The molecule has 0 radical (unpaired) electrons. The van der Waals surface area contributed by atoms with Crippen LogP contribution in [0.4, 0.5) is 0 Å². The number of carboxylic acids is 1. The van der Waals surface area contributed by atoms with Gasteiger partial charge >= 0.3 is 5.97 Å². The summed E-state index contributed by atoms with van der Waals surface area (Å²) in [4.78, 5) is 48.7. The van der Waals surface area contributed by atoms with Crippen LogP contribution in [0.15, 0.2) is 54.6 Å². The van der Waals surface area contributed by atoms with E-state index in [1.165, 1.54) is 0 Å². The van der Waals surface area contributed by atoms with Crippen LogP contribution in [-0.4, -0.2) is 58.3 Å². The third kappa shape index (κ3) is 10.6. The van der Waals surface area contributed by atoms with Crippen LogP contribution in [-0.2, 0) is 32.0 Å². The number of amidine groups is 1. The van der Waals surface area contributed by atoms with Crippen molar-refractivity contribution in [2.45, 2.75) is 57.0 Å². The standard InChI is InChI=1S/C27H34N4O6/c28-26(29)20-13-11-18(12-14-20)7-3-2-6-10-24(34)30-22(16-25(35)36)27(37)31-21(23(33)17-32)15-19-8-4-1-5-9-19/h1,4-5,8-9,11-14,21-22,32H,2-3,6-7,10,15-17H2,(H3,28,29)(H,30,34)(H,31,37)(H,35,36)/t21-,22-/m0/s1. The number of benzene rings is 2. The maximum Gasteiger partial charge on any atom is 0.305 e. The Labute approximate surface area is 215 Å². The summed E-state index contributed by atoms with van der Waals surface area (Å²) < 4.78 is 0. The lowest BCUT2D eigenvalue weighted by molar-refractivity contribution is -0.141. The molecule has 7 N–H and O–H groups in total. The lowest BCUT2D eigenvalue weighted by Gasteiger charge is -2.22. The van der Waals surface area contributed by atoms with Gasteiger partial charge in [-0.2, -0.15) is 0 Å². The average Bonchev–Trinajstić information content (AvgIpc) is 2.87. The Balaban J connectivity index is 1.85. The molecule has 0 fully saturated rings. The molecule has 2 aromatic rings. The van der Waals surface area contributed by atoms with Crippen LogP contribution in [0, 0.1) is 5.41 Å². The number of rotatable bonds is 16. The summed E-state index contributed by atoms with van der Waals surface area (Å²) in [6.45, 7) is -0.783. The van der Waals surface area contributed by atoms with Crippen molar-refractivity contribution in [2.24, 2.45) is 5.73 Å². The third-order valence-electron chi connectivity index (χ3n) is 5.81. The van der Waals surface area contributed by atoms with Gasteiger partial charge in [0.05, 0.1) is 12.5 Å². The first kappa shape index (κ1) is 29.2. The van der Waals surface area contributed by atoms with E-state index >= 15 is 0 Å². The number of aliphatic hydroxyl groups is 1. The fourth-order valence-corrected chi connectivity index (χ4v) is 3.77. The first-order valence-electron chi connectivity index (χ1n) is 12.1. The predicted octanol–water partition coefficient (Wildman–Crippen LogP) is 1.32. The average molecular weight is 511 g/mol. The highest BCUT2D eigenvalue weighted by Crippen LogP contribution is 2.10. The van der Waals surface area contributed by atoms with Crippen LogP contribution in [0.2, 0.25) is 0 Å². The molecule has 0 aliphatic rings. The van der Waals surface area contributed by atoms with E-state index in [-0.39, 0.29) is 18.7 Å². The van der Waals surface area contributed by atoms with Crippen LogP contribution in [0.5, 0.6) is 0 Å². The van der Waals surface area contributed by atoms with E-state index in [4.69, 9.17) is 11.1 Å². The molecule has 37 heavy (non-hydrogen) atoms. The number of ketones is 1. The lowest BCUT2D eigenvalue weighted by Crippen LogP contribution is -2.53. The van der Waals surface area contributed by atoms with E-state index in [1.807, 2.05) is 12.1 Å². The molecule has 0 saturated heterocycles. The van der Waals surface area contributed by atoms with Gasteiger partial charge in [0.25, 0.3) is 0 Å². The monoisotopic (exact) mass is 510 g/mol. The molecule has 0 aromatic heterocycles. The molecule has 2 atom stereocenters. The number of amides is 2. The fourth-order valence-electron chi connectivity index (χ4n) is 3.77. The smallest absolute Gasteiger partial charge is 0.305 e. The van der Waals surface area contributed by atoms with Crippen LogP contribution in [0.1, 0.15) is 48.8 Å². The number of aryl methyl sites for hydroxylation is 1. The summed E-state index contributed by atoms with van der Waals surface area (Å²) in [5, 5.41) is 30.9. The van der Waals surface area contributed by atoms with E-state index in [2.05, 4.69) is 10.6 Å². The normalized spacial score (nSPS) is 12.2. The molecule has 0 aliphatic carbocycles. The molecule has 2 amide bonds. The molecule has 0 bridgehead atoms. The maximum absolute atomic E-state index is 12.8. The van der Waals surface area contributed by atoms with Crippen LogP contribution in [0.3, 0.4) is 0 Å². The van der Waals surface area contributed by atoms with Crippen LogP contribution >= 0.6 is 0 Å². The summed E-state index contributed by atoms with van der Waals surface area (Å²) in [7, 11) is 0. The summed E-state index contributed by atoms with van der Waals surface area (Å²) in [6, 6.07) is 13.9. The van der Waals surface area contributed by atoms with Crippen molar-refractivity contribution in [1.82, 2.24) is 10.6 Å². The molecule has 10 heteroatoms. The number of nitrogen functional groups attached to an aromatic ring is 1. The summed E-state index contributed by atoms with van der Waals surface area (Å²) in [6.07, 6.45) is 2.54. The highest BCUT2D eigenvalue weighted by atomic mass is 16.4. The molecule has 2 aromatic carbocycles. The maximum atomic E-state index is 12.8.